The Hall–Kier alpha value is -2.45. The SMILES string of the molecule is COCOc1ccc2sc3ccc(OCC(F)(F)C(=O)O)cc3c2c1. The number of alkyl halides is 2. The average molecular weight is 368 g/mol. The van der Waals surface area contributed by atoms with Gasteiger partial charge in [0.25, 0.3) is 0 Å². The van der Waals surface area contributed by atoms with Crippen molar-refractivity contribution in [3.05, 3.63) is 36.4 Å². The van der Waals surface area contributed by atoms with E-state index in [-0.39, 0.29) is 12.5 Å². The van der Waals surface area contributed by atoms with Gasteiger partial charge in [-0.3, -0.25) is 0 Å². The summed E-state index contributed by atoms with van der Waals surface area (Å²) in [5.74, 6) is -5.35. The first-order valence-electron chi connectivity index (χ1n) is 7.23. The topological polar surface area (TPSA) is 65.0 Å². The van der Waals surface area contributed by atoms with Crippen molar-refractivity contribution in [2.75, 3.05) is 20.5 Å². The number of hydrogen-bond acceptors (Lipinski definition) is 5. The molecule has 0 aliphatic heterocycles. The summed E-state index contributed by atoms with van der Waals surface area (Å²) in [5.41, 5.74) is 0. The van der Waals surface area contributed by atoms with E-state index in [9.17, 15) is 13.6 Å². The highest BCUT2D eigenvalue weighted by Crippen LogP contribution is 2.37. The summed E-state index contributed by atoms with van der Waals surface area (Å²) >= 11 is 1.55. The van der Waals surface area contributed by atoms with Gasteiger partial charge in [-0.2, -0.15) is 8.78 Å². The molecule has 132 valence electrons. The summed E-state index contributed by atoms with van der Waals surface area (Å²) < 4.78 is 43.5. The quantitative estimate of drug-likeness (QED) is 0.635. The van der Waals surface area contributed by atoms with Gasteiger partial charge in [0.1, 0.15) is 11.5 Å². The minimum atomic E-state index is -3.94. The molecular formula is C17H14F2O5S. The highest BCUT2D eigenvalue weighted by molar-refractivity contribution is 7.25. The van der Waals surface area contributed by atoms with E-state index >= 15 is 0 Å². The monoisotopic (exact) mass is 368 g/mol. The molecule has 0 aliphatic carbocycles. The Morgan fingerprint density at radius 3 is 2.16 bits per heavy atom. The number of carbonyl (C=O) groups is 1. The molecule has 8 heteroatoms. The molecule has 2 aromatic carbocycles. The van der Waals surface area contributed by atoms with Crippen LogP contribution >= 0.6 is 11.3 Å². The summed E-state index contributed by atoms with van der Waals surface area (Å²) in [4.78, 5) is 10.5. The second kappa shape index (κ2) is 6.81. The molecular weight excluding hydrogens is 354 g/mol. The maximum Gasteiger partial charge on any atom is 0.378 e. The second-order valence-electron chi connectivity index (χ2n) is 5.27. The Bertz CT molecular complexity index is 922. The van der Waals surface area contributed by atoms with Gasteiger partial charge < -0.3 is 19.3 Å². The van der Waals surface area contributed by atoms with E-state index in [1.54, 1.807) is 23.5 Å². The minimum absolute atomic E-state index is 0.117. The zero-order valence-corrected chi connectivity index (χ0v) is 13.9. The molecule has 0 spiro atoms. The third kappa shape index (κ3) is 3.64. The molecule has 0 saturated heterocycles. The van der Waals surface area contributed by atoms with Crippen LogP contribution in [0.4, 0.5) is 8.78 Å². The molecule has 25 heavy (non-hydrogen) atoms. The van der Waals surface area contributed by atoms with E-state index in [2.05, 4.69) is 0 Å². The summed E-state index contributed by atoms with van der Waals surface area (Å²) in [6, 6.07) is 10.5. The number of hydrogen-bond donors (Lipinski definition) is 1. The summed E-state index contributed by atoms with van der Waals surface area (Å²) in [7, 11) is 1.52. The van der Waals surface area contributed by atoms with Crippen molar-refractivity contribution in [3.63, 3.8) is 0 Å². The van der Waals surface area contributed by atoms with Gasteiger partial charge in [0.2, 0.25) is 0 Å². The van der Waals surface area contributed by atoms with Gasteiger partial charge in [-0.1, -0.05) is 0 Å². The van der Waals surface area contributed by atoms with Crippen LogP contribution < -0.4 is 9.47 Å². The normalized spacial score (nSPS) is 11.8. The molecule has 0 radical (unpaired) electrons. The van der Waals surface area contributed by atoms with Crippen molar-refractivity contribution >= 4 is 37.5 Å². The number of methoxy groups -OCH3 is 1. The Morgan fingerprint density at radius 2 is 1.64 bits per heavy atom. The van der Waals surface area contributed by atoms with Gasteiger partial charge in [0, 0.05) is 27.3 Å². The van der Waals surface area contributed by atoms with Crippen molar-refractivity contribution < 1.29 is 32.9 Å². The van der Waals surface area contributed by atoms with Gasteiger partial charge in [-0.05, 0) is 36.4 Å². The fourth-order valence-electron chi connectivity index (χ4n) is 2.28. The van der Waals surface area contributed by atoms with Crippen molar-refractivity contribution in [2.24, 2.45) is 0 Å². The molecule has 0 saturated carbocycles. The zero-order valence-electron chi connectivity index (χ0n) is 13.1. The lowest BCUT2D eigenvalue weighted by Crippen LogP contribution is -2.35. The van der Waals surface area contributed by atoms with Gasteiger partial charge in [0.15, 0.2) is 13.4 Å². The van der Waals surface area contributed by atoms with Crippen molar-refractivity contribution in [1.82, 2.24) is 0 Å². The van der Waals surface area contributed by atoms with Gasteiger partial charge >= 0.3 is 11.9 Å². The largest absolute Gasteiger partial charge is 0.487 e. The smallest absolute Gasteiger partial charge is 0.378 e. The van der Waals surface area contributed by atoms with Crippen LogP contribution in [0.25, 0.3) is 20.2 Å². The third-order valence-corrected chi connectivity index (χ3v) is 4.64. The van der Waals surface area contributed by atoms with E-state index in [4.69, 9.17) is 19.3 Å². The van der Waals surface area contributed by atoms with Crippen LogP contribution in [-0.4, -0.2) is 37.5 Å². The Balaban J connectivity index is 1.92. The Morgan fingerprint density at radius 1 is 1.08 bits per heavy atom. The highest BCUT2D eigenvalue weighted by atomic mass is 32.1. The van der Waals surface area contributed by atoms with Crippen molar-refractivity contribution in [1.29, 1.82) is 0 Å². The number of carboxylic acids is 1. The second-order valence-corrected chi connectivity index (χ2v) is 6.35. The van der Waals surface area contributed by atoms with Gasteiger partial charge in [-0.15, -0.1) is 11.3 Å². The van der Waals surface area contributed by atoms with Crippen molar-refractivity contribution in [3.8, 4) is 11.5 Å². The molecule has 1 aromatic heterocycles. The third-order valence-electron chi connectivity index (χ3n) is 3.49. The molecule has 5 nitrogen and oxygen atoms in total. The van der Waals surface area contributed by atoms with Crippen LogP contribution in [0.15, 0.2) is 36.4 Å². The number of benzene rings is 2. The molecule has 0 fully saturated rings. The van der Waals surface area contributed by atoms with E-state index in [0.717, 1.165) is 20.2 Å². The van der Waals surface area contributed by atoms with Crippen LogP contribution in [-0.2, 0) is 9.53 Å². The maximum absolute atomic E-state index is 13.2. The molecule has 1 heterocycles. The lowest BCUT2D eigenvalue weighted by Gasteiger charge is -2.12. The molecule has 0 unspecified atom stereocenters. The lowest BCUT2D eigenvalue weighted by atomic mass is 10.1. The summed E-state index contributed by atoms with van der Waals surface area (Å²) in [6.07, 6.45) is 0. The fraction of sp³-hybridized carbons (Fsp3) is 0.235. The van der Waals surface area contributed by atoms with Gasteiger partial charge in [-0.25, -0.2) is 4.79 Å². The Labute approximate surface area is 145 Å². The van der Waals surface area contributed by atoms with Gasteiger partial charge in [0.05, 0.1) is 0 Å². The predicted molar refractivity (Wildman–Crippen MR) is 89.9 cm³/mol. The highest BCUT2D eigenvalue weighted by Gasteiger charge is 2.39. The first kappa shape index (κ1) is 17.4. The van der Waals surface area contributed by atoms with E-state index in [1.807, 2.05) is 18.2 Å². The summed E-state index contributed by atoms with van der Waals surface area (Å²) in [6.45, 7) is -1.11. The zero-order chi connectivity index (χ0) is 18.0. The van der Waals surface area contributed by atoms with Crippen LogP contribution in [0.3, 0.4) is 0 Å². The number of halogens is 2. The number of carboxylic acid groups (broad SMARTS) is 1. The van der Waals surface area contributed by atoms with E-state index in [1.165, 1.54) is 13.2 Å². The van der Waals surface area contributed by atoms with E-state index in [0.29, 0.717) is 5.75 Å². The maximum atomic E-state index is 13.2. The van der Waals surface area contributed by atoms with E-state index < -0.39 is 18.5 Å². The van der Waals surface area contributed by atoms with Crippen LogP contribution in [0, 0.1) is 0 Å². The Kier molecular flexibility index (Phi) is 4.73. The molecule has 0 amide bonds. The molecule has 3 rings (SSSR count). The lowest BCUT2D eigenvalue weighted by molar-refractivity contribution is -0.168. The first-order chi connectivity index (χ1) is 11.9. The fourth-order valence-corrected chi connectivity index (χ4v) is 3.34. The number of rotatable bonds is 7. The predicted octanol–water partition coefficient (Wildman–Crippen LogP) is 4.14. The number of ether oxygens (including phenoxy) is 3. The minimum Gasteiger partial charge on any atom is -0.487 e. The van der Waals surface area contributed by atoms with Crippen LogP contribution in [0.5, 0.6) is 11.5 Å². The van der Waals surface area contributed by atoms with Crippen LogP contribution in [0.2, 0.25) is 0 Å². The first-order valence-corrected chi connectivity index (χ1v) is 8.04. The molecule has 0 aliphatic rings. The number of thiophene rings is 1. The summed E-state index contributed by atoms with van der Waals surface area (Å²) in [5, 5.41) is 10.2. The molecule has 1 N–H and O–H groups in total. The van der Waals surface area contributed by atoms with Crippen molar-refractivity contribution in [2.45, 2.75) is 5.92 Å². The average Bonchev–Trinajstić information content (AvgIpc) is 2.95. The van der Waals surface area contributed by atoms with Crippen LogP contribution in [0.1, 0.15) is 0 Å². The molecule has 0 atom stereocenters. The number of fused-ring (bicyclic) bond motifs is 3. The number of aliphatic carboxylic acids is 1. The standard InChI is InChI=1S/C17H14F2O5S/c1-22-9-24-11-3-5-15-13(7-11)12-6-10(2-4-14(12)25-15)23-8-17(18,19)16(20)21/h2-7H,8-9H2,1H3,(H,20,21). The molecule has 0 bridgehead atoms. The molecule has 3 aromatic rings.